The fraction of sp³-hybridized carbons (Fsp3) is 0.636. The van der Waals surface area contributed by atoms with Gasteiger partial charge in [-0.3, -0.25) is 9.59 Å². The summed E-state index contributed by atoms with van der Waals surface area (Å²) in [6, 6.07) is -0.942. The second kappa shape index (κ2) is 6.13. The molecule has 2 amide bonds. The summed E-state index contributed by atoms with van der Waals surface area (Å²) in [6.45, 7) is 3.61. The van der Waals surface area contributed by atoms with Crippen LogP contribution in [0.15, 0.2) is 5.10 Å². The van der Waals surface area contributed by atoms with E-state index in [1.807, 2.05) is 6.92 Å². The van der Waals surface area contributed by atoms with Crippen molar-refractivity contribution < 1.29 is 19.5 Å². The van der Waals surface area contributed by atoms with Crippen molar-refractivity contribution in [2.75, 3.05) is 0 Å². The van der Waals surface area contributed by atoms with E-state index in [1.165, 1.54) is 0 Å². The number of aliphatic carboxylic acids is 1. The van der Waals surface area contributed by atoms with Gasteiger partial charge in [0, 0.05) is 12.8 Å². The number of hydrogen-bond donors (Lipinski definition) is 3. The fourth-order valence-corrected chi connectivity index (χ4v) is 1.55. The highest BCUT2D eigenvalue weighted by molar-refractivity contribution is 6.39. The van der Waals surface area contributed by atoms with Crippen molar-refractivity contribution >= 4 is 23.5 Å². The van der Waals surface area contributed by atoms with E-state index in [1.54, 1.807) is 6.92 Å². The lowest BCUT2D eigenvalue weighted by Crippen LogP contribution is -2.48. The van der Waals surface area contributed by atoms with Gasteiger partial charge in [-0.2, -0.15) is 5.10 Å². The van der Waals surface area contributed by atoms with Crippen LogP contribution in [0.1, 0.15) is 33.1 Å². The molecule has 0 aliphatic carbocycles. The Bertz CT molecular complexity index is 392. The summed E-state index contributed by atoms with van der Waals surface area (Å²) in [5.74, 6) is -2.03. The number of carbonyl (C=O) groups excluding carboxylic acids is 2. The predicted octanol–water partition coefficient (Wildman–Crippen LogP) is -0.132. The highest BCUT2D eigenvalue weighted by Crippen LogP contribution is 2.09. The van der Waals surface area contributed by atoms with Crippen LogP contribution in [-0.4, -0.2) is 34.6 Å². The van der Waals surface area contributed by atoms with Crippen molar-refractivity contribution in [3.63, 3.8) is 0 Å². The number of carbonyl (C=O) groups is 3. The summed E-state index contributed by atoms with van der Waals surface area (Å²) in [5, 5.41) is 15.1. The van der Waals surface area contributed by atoms with Gasteiger partial charge >= 0.3 is 5.97 Å². The van der Waals surface area contributed by atoms with Crippen LogP contribution in [0.5, 0.6) is 0 Å². The molecule has 18 heavy (non-hydrogen) atoms. The average molecular weight is 255 g/mol. The summed E-state index contributed by atoms with van der Waals surface area (Å²) in [6.07, 6.45) is 1.05. The van der Waals surface area contributed by atoms with Crippen molar-refractivity contribution in [2.45, 2.75) is 39.2 Å². The molecule has 0 aromatic rings. The van der Waals surface area contributed by atoms with Crippen LogP contribution in [0.25, 0.3) is 0 Å². The lowest BCUT2D eigenvalue weighted by atomic mass is 9.99. The zero-order valence-electron chi connectivity index (χ0n) is 10.4. The Morgan fingerprint density at radius 1 is 1.50 bits per heavy atom. The van der Waals surface area contributed by atoms with E-state index in [0.717, 1.165) is 0 Å². The smallest absolute Gasteiger partial charge is 0.326 e. The van der Waals surface area contributed by atoms with E-state index < -0.39 is 17.9 Å². The minimum Gasteiger partial charge on any atom is -0.480 e. The van der Waals surface area contributed by atoms with Crippen LogP contribution in [-0.2, 0) is 14.4 Å². The van der Waals surface area contributed by atoms with Gasteiger partial charge < -0.3 is 10.4 Å². The minimum atomic E-state index is -1.07. The molecule has 0 spiro atoms. The first kappa shape index (κ1) is 14.1. The van der Waals surface area contributed by atoms with E-state index in [2.05, 4.69) is 15.8 Å². The Labute approximate surface area is 105 Å². The molecule has 0 unspecified atom stereocenters. The van der Waals surface area contributed by atoms with Gasteiger partial charge in [-0.1, -0.05) is 20.3 Å². The quantitative estimate of drug-likeness (QED) is 0.635. The van der Waals surface area contributed by atoms with Crippen molar-refractivity contribution in [3.8, 4) is 0 Å². The molecule has 3 N–H and O–H groups in total. The Hall–Kier alpha value is -1.92. The maximum Gasteiger partial charge on any atom is 0.326 e. The average Bonchev–Trinajstić information content (AvgIpc) is 2.35. The van der Waals surface area contributed by atoms with Gasteiger partial charge in [-0.15, -0.1) is 0 Å². The van der Waals surface area contributed by atoms with Crippen LogP contribution >= 0.6 is 0 Å². The molecule has 0 saturated carbocycles. The molecule has 1 heterocycles. The first-order valence-corrected chi connectivity index (χ1v) is 5.84. The van der Waals surface area contributed by atoms with Crippen LogP contribution in [0.2, 0.25) is 0 Å². The Morgan fingerprint density at radius 2 is 2.17 bits per heavy atom. The topological polar surface area (TPSA) is 108 Å². The van der Waals surface area contributed by atoms with E-state index >= 15 is 0 Å². The number of hydrazone groups is 1. The number of carboxylic acid groups (broad SMARTS) is 1. The van der Waals surface area contributed by atoms with Gasteiger partial charge in [-0.05, 0) is 5.92 Å². The van der Waals surface area contributed by atoms with Crippen molar-refractivity contribution in [3.05, 3.63) is 0 Å². The third-order valence-electron chi connectivity index (χ3n) is 2.93. The standard InChI is InChI=1S/C11H17N3O4/c1-3-6(2)9(11(17)18)12-10(16)7-4-5-8(15)14-13-7/h6,9H,3-5H2,1-2H3,(H,12,16)(H,14,15)(H,17,18)/t6-,9-/m0/s1. The van der Waals surface area contributed by atoms with Crippen molar-refractivity contribution in [1.29, 1.82) is 0 Å². The molecule has 1 rings (SSSR count). The van der Waals surface area contributed by atoms with E-state index in [-0.39, 0.29) is 30.4 Å². The summed E-state index contributed by atoms with van der Waals surface area (Å²) >= 11 is 0. The molecule has 0 fully saturated rings. The summed E-state index contributed by atoms with van der Waals surface area (Å²) in [4.78, 5) is 33.7. The SMILES string of the molecule is CC[C@H](C)[C@H](NC(=O)C1=NNC(=O)CC1)C(=O)O. The minimum absolute atomic E-state index is 0.157. The monoisotopic (exact) mass is 255 g/mol. The molecule has 0 saturated heterocycles. The van der Waals surface area contributed by atoms with Crippen LogP contribution in [0.4, 0.5) is 0 Å². The van der Waals surface area contributed by atoms with Crippen molar-refractivity contribution in [1.82, 2.24) is 10.7 Å². The molecule has 1 aliphatic rings. The molecule has 7 nitrogen and oxygen atoms in total. The third-order valence-corrected chi connectivity index (χ3v) is 2.93. The van der Waals surface area contributed by atoms with Gasteiger partial charge in [0.1, 0.15) is 11.8 Å². The molecular formula is C11H17N3O4. The third kappa shape index (κ3) is 3.54. The fourth-order valence-electron chi connectivity index (χ4n) is 1.55. The number of hydrogen-bond acceptors (Lipinski definition) is 4. The summed E-state index contributed by atoms with van der Waals surface area (Å²) in [5.41, 5.74) is 2.36. The lowest BCUT2D eigenvalue weighted by Gasteiger charge is -2.21. The van der Waals surface area contributed by atoms with Gasteiger partial charge in [0.15, 0.2) is 0 Å². The Morgan fingerprint density at radius 3 is 2.61 bits per heavy atom. The second-order valence-corrected chi connectivity index (χ2v) is 4.27. The molecular weight excluding hydrogens is 238 g/mol. The largest absolute Gasteiger partial charge is 0.480 e. The predicted molar refractivity (Wildman–Crippen MR) is 63.8 cm³/mol. The maximum absolute atomic E-state index is 11.8. The molecule has 7 heteroatoms. The first-order chi connectivity index (χ1) is 8.45. The number of nitrogens with zero attached hydrogens (tertiary/aromatic N) is 1. The number of nitrogens with one attached hydrogen (secondary N) is 2. The van der Waals surface area contributed by atoms with E-state index in [4.69, 9.17) is 5.11 Å². The Kier molecular flexibility index (Phi) is 4.82. The van der Waals surface area contributed by atoms with Crippen LogP contribution in [0, 0.1) is 5.92 Å². The van der Waals surface area contributed by atoms with Crippen LogP contribution in [0.3, 0.4) is 0 Å². The normalized spacial score (nSPS) is 18.3. The number of rotatable bonds is 5. The Balaban J connectivity index is 2.67. The molecule has 0 bridgehead atoms. The second-order valence-electron chi connectivity index (χ2n) is 4.27. The molecule has 0 radical (unpaired) electrons. The highest BCUT2D eigenvalue weighted by Gasteiger charge is 2.28. The zero-order valence-corrected chi connectivity index (χ0v) is 10.4. The number of carboxylic acids is 1. The molecule has 100 valence electrons. The van der Waals surface area contributed by atoms with E-state index in [0.29, 0.717) is 6.42 Å². The van der Waals surface area contributed by atoms with Crippen molar-refractivity contribution in [2.24, 2.45) is 11.0 Å². The molecule has 0 aromatic heterocycles. The molecule has 1 aliphatic heterocycles. The highest BCUT2D eigenvalue weighted by atomic mass is 16.4. The van der Waals surface area contributed by atoms with Gasteiger partial charge in [0.05, 0.1) is 0 Å². The summed E-state index contributed by atoms with van der Waals surface area (Å²) in [7, 11) is 0. The number of amides is 2. The molecule has 0 aromatic carbocycles. The lowest BCUT2D eigenvalue weighted by molar-refractivity contribution is -0.142. The molecule has 2 atom stereocenters. The van der Waals surface area contributed by atoms with E-state index in [9.17, 15) is 14.4 Å². The first-order valence-electron chi connectivity index (χ1n) is 5.84. The summed E-state index contributed by atoms with van der Waals surface area (Å²) < 4.78 is 0. The van der Waals surface area contributed by atoms with Gasteiger partial charge in [0.2, 0.25) is 5.91 Å². The van der Waals surface area contributed by atoms with Crippen LogP contribution < -0.4 is 10.7 Å². The van der Waals surface area contributed by atoms with Gasteiger partial charge in [-0.25, -0.2) is 10.2 Å². The maximum atomic E-state index is 11.8. The van der Waals surface area contributed by atoms with Gasteiger partial charge in [0.25, 0.3) is 5.91 Å². The zero-order chi connectivity index (χ0) is 13.7.